The van der Waals surface area contributed by atoms with E-state index in [-0.39, 0.29) is 10.6 Å². The summed E-state index contributed by atoms with van der Waals surface area (Å²) in [6.45, 7) is 2.62. The predicted molar refractivity (Wildman–Crippen MR) is 132 cm³/mol. The van der Waals surface area contributed by atoms with E-state index in [9.17, 15) is 21.6 Å². The van der Waals surface area contributed by atoms with Crippen LogP contribution < -0.4 is 10.5 Å². The molecule has 1 aromatic carbocycles. The van der Waals surface area contributed by atoms with Crippen molar-refractivity contribution >= 4 is 21.4 Å². The zero-order valence-corrected chi connectivity index (χ0v) is 21.4. The molecule has 0 fully saturated rings. The highest BCUT2D eigenvalue weighted by Gasteiger charge is 2.30. The number of rotatable bonds is 16. The van der Waals surface area contributed by atoms with Gasteiger partial charge in [0.2, 0.25) is 10.0 Å². The van der Waals surface area contributed by atoms with Crippen LogP contribution >= 0.6 is 11.3 Å². The summed E-state index contributed by atoms with van der Waals surface area (Å²) in [7, 11) is -3.59. The standard InChI is InChI=1S/C25H36F3N2O2S2/c1-2-3-4-5-6-7-8-9-10-11-18-30-34(31,32)24-17-16-22(33-24)19-23(29)20-12-14-21(15-13-20)25(26,27)28/h12-17,23,29-30H,2-11,18-19H2,1H3. The maximum absolute atomic E-state index is 12.7. The number of alkyl halides is 3. The molecule has 34 heavy (non-hydrogen) atoms. The zero-order valence-electron chi connectivity index (χ0n) is 19.8. The van der Waals surface area contributed by atoms with Gasteiger partial charge >= 0.3 is 6.18 Å². The Morgan fingerprint density at radius 3 is 2.00 bits per heavy atom. The molecule has 1 heterocycles. The molecule has 0 aliphatic heterocycles. The van der Waals surface area contributed by atoms with Gasteiger partial charge in [0.05, 0.1) is 11.6 Å². The molecule has 0 amide bonds. The monoisotopic (exact) mass is 517 g/mol. The zero-order chi connectivity index (χ0) is 25.0. The summed E-state index contributed by atoms with van der Waals surface area (Å²) in [5.74, 6) is 0. The molecule has 191 valence electrons. The molecular weight excluding hydrogens is 481 g/mol. The first-order valence-corrected chi connectivity index (χ1v) is 14.4. The predicted octanol–water partition coefficient (Wildman–Crippen LogP) is 7.53. The van der Waals surface area contributed by atoms with Gasteiger partial charge in [-0.2, -0.15) is 13.2 Å². The van der Waals surface area contributed by atoms with Gasteiger partial charge in [0, 0.05) is 17.8 Å². The lowest BCUT2D eigenvalue weighted by Crippen LogP contribution is -2.23. The van der Waals surface area contributed by atoms with Crippen molar-refractivity contribution in [1.82, 2.24) is 10.5 Å². The van der Waals surface area contributed by atoms with E-state index in [0.29, 0.717) is 17.0 Å². The van der Waals surface area contributed by atoms with Crippen LogP contribution in [0.5, 0.6) is 0 Å². The Balaban J connectivity index is 1.71. The van der Waals surface area contributed by atoms with Crippen LogP contribution in [0.25, 0.3) is 0 Å². The molecule has 0 aliphatic rings. The lowest BCUT2D eigenvalue weighted by molar-refractivity contribution is -0.137. The van der Waals surface area contributed by atoms with E-state index < -0.39 is 27.8 Å². The highest BCUT2D eigenvalue weighted by Crippen LogP contribution is 2.31. The second-order valence-corrected chi connectivity index (χ2v) is 11.8. The summed E-state index contributed by atoms with van der Waals surface area (Å²) in [4.78, 5) is 0.708. The summed E-state index contributed by atoms with van der Waals surface area (Å²) in [6, 6.07) is 6.99. The average molecular weight is 518 g/mol. The smallest absolute Gasteiger partial charge is 0.249 e. The Bertz CT molecular complexity index is 942. The molecule has 1 radical (unpaired) electrons. The van der Waals surface area contributed by atoms with Crippen LogP contribution in [0.2, 0.25) is 0 Å². The molecule has 2 aromatic rings. The Labute approximate surface area is 206 Å². The number of nitrogens with one attached hydrogen (secondary N) is 2. The number of thiophene rings is 1. The fraction of sp³-hybridized carbons (Fsp3) is 0.600. The van der Waals surface area contributed by atoms with E-state index in [4.69, 9.17) is 5.73 Å². The molecule has 9 heteroatoms. The van der Waals surface area contributed by atoms with Crippen LogP contribution in [0.15, 0.2) is 40.6 Å². The maximum Gasteiger partial charge on any atom is 0.416 e. The van der Waals surface area contributed by atoms with E-state index >= 15 is 0 Å². The summed E-state index contributed by atoms with van der Waals surface area (Å²) in [5, 5.41) is 0. The second kappa shape index (κ2) is 14.2. The molecule has 0 aliphatic carbocycles. The number of hydrogen-bond acceptors (Lipinski definition) is 3. The Hall–Kier alpha value is -1.42. The first-order valence-electron chi connectivity index (χ1n) is 12.1. The van der Waals surface area contributed by atoms with E-state index in [1.807, 2.05) is 0 Å². The lowest BCUT2D eigenvalue weighted by atomic mass is 10.0. The SMILES string of the molecule is CCCCCCCCCCCCNS(=O)(=O)c1ccc(CC([NH])c2ccc(C(F)(F)F)cc2)s1. The quantitative estimate of drug-likeness (QED) is 0.234. The van der Waals surface area contributed by atoms with Crippen LogP contribution in [-0.4, -0.2) is 15.0 Å². The van der Waals surface area contributed by atoms with Crippen LogP contribution in [-0.2, 0) is 22.6 Å². The summed E-state index contributed by atoms with van der Waals surface area (Å²) >= 11 is 1.10. The van der Waals surface area contributed by atoms with Gasteiger partial charge in [0.1, 0.15) is 4.21 Å². The van der Waals surface area contributed by atoms with Gasteiger partial charge in [-0.25, -0.2) is 18.9 Å². The van der Waals surface area contributed by atoms with Gasteiger partial charge in [-0.3, -0.25) is 0 Å². The van der Waals surface area contributed by atoms with Gasteiger partial charge in [-0.05, 0) is 36.2 Å². The Morgan fingerprint density at radius 2 is 1.44 bits per heavy atom. The van der Waals surface area contributed by atoms with Gasteiger partial charge in [-0.15, -0.1) is 11.3 Å². The van der Waals surface area contributed by atoms with Crippen molar-refractivity contribution in [2.75, 3.05) is 6.54 Å². The molecule has 1 atom stereocenters. The Morgan fingerprint density at radius 1 is 0.882 bits per heavy atom. The highest BCUT2D eigenvalue weighted by atomic mass is 32.2. The number of benzene rings is 1. The largest absolute Gasteiger partial charge is 0.416 e. The van der Waals surface area contributed by atoms with Gasteiger partial charge < -0.3 is 0 Å². The topological polar surface area (TPSA) is 70.0 Å². The number of hydrogen-bond donors (Lipinski definition) is 1. The minimum absolute atomic E-state index is 0.203. The van der Waals surface area contributed by atoms with Crippen molar-refractivity contribution in [3.63, 3.8) is 0 Å². The molecular formula is C25H36F3N2O2S2. The maximum atomic E-state index is 12.7. The molecule has 2 N–H and O–H groups in total. The minimum Gasteiger partial charge on any atom is -0.249 e. The fourth-order valence-electron chi connectivity index (χ4n) is 3.73. The fourth-order valence-corrected chi connectivity index (χ4v) is 6.25. The molecule has 2 rings (SSSR count). The summed E-state index contributed by atoms with van der Waals surface area (Å²) < 4.78 is 66.0. The third-order valence-corrected chi connectivity index (χ3v) is 8.83. The van der Waals surface area contributed by atoms with Crippen LogP contribution in [0.3, 0.4) is 0 Å². The van der Waals surface area contributed by atoms with E-state index in [1.165, 1.54) is 63.1 Å². The number of halogens is 3. The minimum atomic E-state index is -4.41. The van der Waals surface area contributed by atoms with Gasteiger partial charge in [-0.1, -0.05) is 76.8 Å². The van der Waals surface area contributed by atoms with Crippen molar-refractivity contribution in [2.24, 2.45) is 0 Å². The lowest BCUT2D eigenvalue weighted by Gasteiger charge is -2.12. The van der Waals surface area contributed by atoms with Crippen molar-refractivity contribution in [1.29, 1.82) is 0 Å². The van der Waals surface area contributed by atoms with Crippen molar-refractivity contribution < 1.29 is 21.6 Å². The first kappa shape index (κ1) is 28.8. The van der Waals surface area contributed by atoms with Crippen molar-refractivity contribution in [2.45, 2.75) is 94.0 Å². The van der Waals surface area contributed by atoms with Gasteiger partial charge in [0.15, 0.2) is 0 Å². The Kier molecular flexibility index (Phi) is 12.0. The van der Waals surface area contributed by atoms with Gasteiger partial charge in [0.25, 0.3) is 0 Å². The molecule has 0 spiro atoms. The second-order valence-electron chi connectivity index (χ2n) is 8.68. The van der Waals surface area contributed by atoms with Crippen molar-refractivity contribution in [3.8, 4) is 0 Å². The van der Waals surface area contributed by atoms with Crippen LogP contribution in [0, 0.1) is 0 Å². The molecule has 0 saturated carbocycles. The molecule has 0 saturated heterocycles. The third kappa shape index (κ3) is 10.1. The number of sulfonamides is 1. The first-order chi connectivity index (χ1) is 16.1. The number of unbranched alkanes of at least 4 members (excludes halogenated alkanes) is 9. The molecule has 1 unspecified atom stereocenters. The normalized spacial score (nSPS) is 13.3. The van der Waals surface area contributed by atoms with E-state index in [1.54, 1.807) is 6.07 Å². The summed E-state index contributed by atoms with van der Waals surface area (Å²) in [5.41, 5.74) is 7.96. The highest BCUT2D eigenvalue weighted by molar-refractivity contribution is 7.91. The van der Waals surface area contributed by atoms with E-state index in [0.717, 1.165) is 42.7 Å². The molecule has 0 bridgehead atoms. The average Bonchev–Trinajstić information content (AvgIpc) is 3.26. The molecule has 1 aromatic heterocycles. The van der Waals surface area contributed by atoms with Crippen LogP contribution in [0.1, 0.15) is 93.2 Å². The third-order valence-electron chi connectivity index (χ3n) is 5.77. The van der Waals surface area contributed by atoms with Crippen LogP contribution in [0.4, 0.5) is 13.2 Å². The van der Waals surface area contributed by atoms with E-state index in [2.05, 4.69) is 11.6 Å². The van der Waals surface area contributed by atoms with Crippen molar-refractivity contribution in [3.05, 3.63) is 52.4 Å². The molecule has 4 nitrogen and oxygen atoms in total. The summed E-state index contributed by atoms with van der Waals surface area (Å²) in [6.07, 6.45) is 7.68.